The predicted molar refractivity (Wildman–Crippen MR) is 63.4 cm³/mol. The quantitative estimate of drug-likeness (QED) is 0.828. The lowest BCUT2D eigenvalue weighted by Gasteiger charge is -2.24. The molecular formula is C10H16N2O3S. The molecule has 0 unspecified atom stereocenters. The van der Waals surface area contributed by atoms with E-state index in [0.29, 0.717) is 17.4 Å². The average molecular weight is 244 g/mol. The van der Waals surface area contributed by atoms with Gasteiger partial charge in [-0.1, -0.05) is 11.3 Å². The van der Waals surface area contributed by atoms with Crippen molar-refractivity contribution in [2.45, 2.75) is 26.3 Å². The fourth-order valence-electron chi connectivity index (χ4n) is 1.33. The van der Waals surface area contributed by atoms with Crippen molar-refractivity contribution in [3.05, 3.63) is 10.6 Å². The smallest absolute Gasteiger partial charge is 0.347 e. The number of aromatic nitrogens is 1. The molecule has 0 aliphatic rings. The second-order valence-corrected chi connectivity index (χ2v) is 5.18. The van der Waals surface area contributed by atoms with Gasteiger partial charge in [0.15, 0.2) is 5.13 Å². The zero-order valence-corrected chi connectivity index (χ0v) is 10.6. The fraction of sp³-hybridized carbons (Fsp3) is 0.600. The molecule has 1 rings (SSSR count). The van der Waals surface area contributed by atoms with Gasteiger partial charge in [-0.2, -0.15) is 0 Å². The normalized spacial score (nSPS) is 11.5. The highest BCUT2D eigenvalue weighted by Gasteiger charge is 2.21. The highest BCUT2D eigenvalue weighted by Crippen LogP contribution is 2.25. The number of thiazole rings is 1. The molecule has 0 radical (unpaired) electrons. The number of carbonyl (C=O) groups is 1. The van der Waals surface area contributed by atoms with E-state index in [-0.39, 0.29) is 10.4 Å². The number of aromatic carboxylic acids is 1. The Morgan fingerprint density at radius 1 is 1.62 bits per heavy atom. The van der Waals surface area contributed by atoms with Crippen molar-refractivity contribution < 1.29 is 14.6 Å². The fourth-order valence-corrected chi connectivity index (χ4v) is 2.32. The van der Waals surface area contributed by atoms with Crippen molar-refractivity contribution >= 4 is 22.4 Å². The molecule has 0 saturated carbocycles. The maximum absolute atomic E-state index is 10.8. The van der Waals surface area contributed by atoms with Gasteiger partial charge in [-0.3, -0.25) is 0 Å². The van der Waals surface area contributed by atoms with Crippen LogP contribution in [-0.2, 0) is 4.74 Å². The maximum Gasteiger partial charge on any atom is 0.347 e. The van der Waals surface area contributed by atoms with Crippen LogP contribution in [0.2, 0.25) is 0 Å². The van der Waals surface area contributed by atoms with E-state index >= 15 is 0 Å². The molecule has 5 nitrogen and oxygen atoms in total. The summed E-state index contributed by atoms with van der Waals surface area (Å²) in [7, 11) is 1.62. The lowest BCUT2D eigenvalue weighted by Crippen LogP contribution is -2.35. The summed E-state index contributed by atoms with van der Waals surface area (Å²) < 4.78 is 5.06. The standard InChI is InChI=1S/C10H16N2O3S/c1-6-7(8(13)14)16-9(11-6)12-10(2,3)5-15-4/h5H2,1-4H3,(H,11,12)(H,13,14). The number of anilines is 1. The number of aryl methyl sites for hydroxylation is 1. The minimum absolute atomic E-state index is 0.269. The van der Waals surface area contributed by atoms with Gasteiger partial charge in [-0.15, -0.1) is 0 Å². The number of carboxylic acid groups (broad SMARTS) is 1. The Hall–Kier alpha value is -1.14. The van der Waals surface area contributed by atoms with Gasteiger partial charge in [-0.05, 0) is 20.8 Å². The molecule has 0 atom stereocenters. The minimum atomic E-state index is -0.937. The summed E-state index contributed by atoms with van der Waals surface area (Å²) in [5.41, 5.74) is 0.266. The van der Waals surface area contributed by atoms with Gasteiger partial charge in [-0.25, -0.2) is 9.78 Å². The van der Waals surface area contributed by atoms with Gasteiger partial charge in [0, 0.05) is 7.11 Å². The van der Waals surface area contributed by atoms with Crippen molar-refractivity contribution in [2.75, 3.05) is 19.0 Å². The van der Waals surface area contributed by atoms with Gasteiger partial charge >= 0.3 is 5.97 Å². The SMILES string of the molecule is COCC(C)(C)Nc1nc(C)c(C(=O)O)s1. The van der Waals surface area contributed by atoms with E-state index in [2.05, 4.69) is 10.3 Å². The summed E-state index contributed by atoms with van der Waals surface area (Å²) in [5, 5.41) is 12.7. The minimum Gasteiger partial charge on any atom is -0.477 e. The summed E-state index contributed by atoms with van der Waals surface area (Å²) in [5.74, 6) is -0.937. The molecule has 6 heteroatoms. The van der Waals surface area contributed by atoms with Crippen molar-refractivity contribution in [1.82, 2.24) is 4.98 Å². The summed E-state index contributed by atoms with van der Waals surface area (Å²) in [6, 6.07) is 0. The van der Waals surface area contributed by atoms with Crippen LogP contribution in [0.4, 0.5) is 5.13 Å². The van der Waals surface area contributed by atoms with Crippen LogP contribution in [0.15, 0.2) is 0 Å². The zero-order chi connectivity index (χ0) is 12.3. The van der Waals surface area contributed by atoms with Crippen LogP contribution in [0.1, 0.15) is 29.2 Å². The molecule has 0 bridgehead atoms. The third kappa shape index (κ3) is 3.18. The second kappa shape index (κ2) is 4.80. The van der Waals surface area contributed by atoms with Crippen molar-refractivity contribution in [2.24, 2.45) is 0 Å². The van der Waals surface area contributed by atoms with Gasteiger partial charge in [0.2, 0.25) is 0 Å². The summed E-state index contributed by atoms with van der Waals surface area (Å²) in [6.45, 7) is 6.14. The van der Waals surface area contributed by atoms with Crippen LogP contribution in [0.3, 0.4) is 0 Å². The molecule has 1 aromatic rings. The average Bonchev–Trinajstić information content (AvgIpc) is 2.45. The Morgan fingerprint density at radius 3 is 2.69 bits per heavy atom. The Balaban J connectivity index is 2.82. The van der Waals surface area contributed by atoms with Crippen LogP contribution < -0.4 is 5.32 Å². The molecule has 16 heavy (non-hydrogen) atoms. The zero-order valence-electron chi connectivity index (χ0n) is 9.83. The van der Waals surface area contributed by atoms with Gasteiger partial charge in [0.25, 0.3) is 0 Å². The molecule has 0 spiro atoms. The summed E-state index contributed by atoms with van der Waals surface area (Å²) in [6.07, 6.45) is 0. The van der Waals surface area contributed by atoms with Crippen molar-refractivity contribution in [1.29, 1.82) is 0 Å². The molecule has 0 amide bonds. The largest absolute Gasteiger partial charge is 0.477 e. The number of nitrogens with one attached hydrogen (secondary N) is 1. The number of nitrogens with zero attached hydrogens (tertiary/aromatic N) is 1. The lowest BCUT2D eigenvalue weighted by molar-refractivity contribution is 0.0701. The van der Waals surface area contributed by atoms with Gasteiger partial charge in [0.1, 0.15) is 4.88 Å². The number of ether oxygens (including phenoxy) is 1. The van der Waals surface area contributed by atoms with E-state index < -0.39 is 5.97 Å². The molecular weight excluding hydrogens is 228 g/mol. The number of rotatable bonds is 5. The molecule has 0 saturated heterocycles. The first-order valence-corrected chi connectivity index (χ1v) is 5.65. The molecule has 2 N–H and O–H groups in total. The highest BCUT2D eigenvalue weighted by molar-refractivity contribution is 7.17. The third-order valence-corrected chi connectivity index (χ3v) is 3.00. The molecule has 0 aliphatic carbocycles. The van der Waals surface area contributed by atoms with E-state index in [1.807, 2.05) is 13.8 Å². The number of hydrogen-bond donors (Lipinski definition) is 2. The molecule has 1 heterocycles. The molecule has 1 aromatic heterocycles. The van der Waals surface area contributed by atoms with E-state index in [0.717, 1.165) is 11.3 Å². The second-order valence-electron chi connectivity index (χ2n) is 4.18. The first kappa shape index (κ1) is 12.9. The van der Waals surface area contributed by atoms with Gasteiger partial charge in [0.05, 0.1) is 17.8 Å². The van der Waals surface area contributed by atoms with Crippen molar-refractivity contribution in [3.8, 4) is 0 Å². The van der Waals surface area contributed by atoms with Crippen LogP contribution >= 0.6 is 11.3 Å². The molecule has 0 aliphatic heterocycles. The molecule has 90 valence electrons. The van der Waals surface area contributed by atoms with Crippen LogP contribution in [0.5, 0.6) is 0 Å². The first-order valence-electron chi connectivity index (χ1n) is 4.83. The Bertz CT molecular complexity index is 387. The Labute approximate surface area is 98.5 Å². The molecule has 0 aromatic carbocycles. The van der Waals surface area contributed by atoms with E-state index in [1.165, 1.54) is 0 Å². The van der Waals surface area contributed by atoms with E-state index in [9.17, 15) is 4.79 Å². The van der Waals surface area contributed by atoms with Crippen molar-refractivity contribution in [3.63, 3.8) is 0 Å². The third-order valence-electron chi connectivity index (χ3n) is 1.94. The lowest BCUT2D eigenvalue weighted by atomic mass is 10.1. The Kier molecular flexibility index (Phi) is 3.88. The maximum atomic E-state index is 10.8. The number of methoxy groups -OCH3 is 1. The van der Waals surface area contributed by atoms with Gasteiger partial charge < -0.3 is 15.2 Å². The molecule has 0 fully saturated rings. The highest BCUT2D eigenvalue weighted by atomic mass is 32.1. The summed E-state index contributed by atoms with van der Waals surface area (Å²) in [4.78, 5) is 15.3. The number of hydrogen-bond acceptors (Lipinski definition) is 5. The van der Waals surface area contributed by atoms with E-state index in [4.69, 9.17) is 9.84 Å². The predicted octanol–water partition coefficient (Wildman–Crippen LogP) is 1.99. The van der Waals surface area contributed by atoms with Crippen LogP contribution in [-0.4, -0.2) is 35.3 Å². The summed E-state index contributed by atoms with van der Waals surface area (Å²) >= 11 is 1.14. The Morgan fingerprint density at radius 2 is 2.25 bits per heavy atom. The van der Waals surface area contributed by atoms with E-state index in [1.54, 1.807) is 14.0 Å². The topological polar surface area (TPSA) is 71.5 Å². The monoisotopic (exact) mass is 244 g/mol. The van der Waals surface area contributed by atoms with Crippen LogP contribution in [0, 0.1) is 6.92 Å². The van der Waals surface area contributed by atoms with Crippen LogP contribution in [0.25, 0.3) is 0 Å². The number of carboxylic acids is 1. The first-order chi connectivity index (χ1) is 7.35.